The second kappa shape index (κ2) is 2.10. The van der Waals surface area contributed by atoms with Crippen molar-refractivity contribution in [2.24, 2.45) is 0 Å². The van der Waals surface area contributed by atoms with E-state index < -0.39 is 0 Å². The highest BCUT2D eigenvalue weighted by Gasteiger charge is 1.95. The smallest absolute Gasteiger partial charge is 0.127 e. The molecule has 0 bridgehead atoms. The zero-order chi connectivity index (χ0) is 7.84. The number of rotatable bonds is 0. The minimum Gasteiger partial charge on any atom is -0.399 e. The number of fused-ring (bicyclic) bond motifs is 1. The average Bonchev–Trinajstić information content (AvgIpc) is 2.33. The fourth-order valence-corrected chi connectivity index (χ4v) is 1.27. The molecule has 0 radical (unpaired) electrons. The third kappa shape index (κ3) is 0.914. The van der Waals surface area contributed by atoms with Gasteiger partial charge in [-0.1, -0.05) is 12.2 Å². The van der Waals surface area contributed by atoms with Crippen LogP contribution in [0.25, 0.3) is 10.9 Å². The summed E-state index contributed by atoms with van der Waals surface area (Å²) in [6.45, 7) is 0. The normalized spacial score (nSPS) is 10.5. The second-order valence-corrected chi connectivity index (χ2v) is 2.79. The van der Waals surface area contributed by atoms with Gasteiger partial charge in [0.15, 0.2) is 0 Å². The summed E-state index contributed by atoms with van der Waals surface area (Å²) in [5.41, 5.74) is 7.30. The van der Waals surface area contributed by atoms with Crippen LogP contribution in [0, 0.1) is 4.64 Å². The quantitative estimate of drug-likeness (QED) is 0.412. The standard InChI is InChI=1S/C7H7N3S/c8-4-1-2-6-5(3-4)7(11)10-9-6/h1-3H,8H2,(H2,9,10,11). The number of hydrogen-bond acceptors (Lipinski definition) is 2. The van der Waals surface area contributed by atoms with Gasteiger partial charge in [-0.15, -0.1) is 0 Å². The Morgan fingerprint density at radius 2 is 2.09 bits per heavy atom. The van der Waals surface area contributed by atoms with Crippen molar-refractivity contribution in [2.45, 2.75) is 0 Å². The molecule has 0 aliphatic carbocycles. The molecular weight excluding hydrogens is 158 g/mol. The lowest BCUT2D eigenvalue weighted by Crippen LogP contribution is -1.81. The van der Waals surface area contributed by atoms with E-state index in [4.69, 9.17) is 18.0 Å². The Morgan fingerprint density at radius 3 is 2.91 bits per heavy atom. The van der Waals surface area contributed by atoms with E-state index in [1.165, 1.54) is 0 Å². The summed E-state index contributed by atoms with van der Waals surface area (Å²) in [5.74, 6) is 0. The van der Waals surface area contributed by atoms with Gasteiger partial charge in [-0.05, 0) is 18.2 Å². The Hall–Kier alpha value is -1.29. The van der Waals surface area contributed by atoms with Crippen LogP contribution in [0.5, 0.6) is 0 Å². The number of hydrogen-bond donors (Lipinski definition) is 3. The Bertz CT molecular complexity index is 440. The van der Waals surface area contributed by atoms with Crippen molar-refractivity contribution >= 4 is 28.8 Å². The predicted molar refractivity (Wildman–Crippen MR) is 47.9 cm³/mol. The molecule has 0 amide bonds. The Kier molecular flexibility index (Phi) is 1.22. The number of nitrogens with one attached hydrogen (secondary N) is 2. The van der Waals surface area contributed by atoms with Crippen molar-refractivity contribution in [3.8, 4) is 0 Å². The maximum Gasteiger partial charge on any atom is 0.127 e. The van der Waals surface area contributed by atoms with Crippen LogP contribution >= 0.6 is 12.2 Å². The zero-order valence-electron chi connectivity index (χ0n) is 5.72. The van der Waals surface area contributed by atoms with Gasteiger partial charge in [0, 0.05) is 11.1 Å². The monoisotopic (exact) mass is 165 g/mol. The van der Waals surface area contributed by atoms with Gasteiger partial charge >= 0.3 is 0 Å². The van der Waals surface area contributed by atoms with E-state index in [9.17, 15) is 0 Å². The molecule has 56 valence electrons. The van der Waals surface area contributed by atoms with Crippen molar-refractivity contribution in [2.75, 3.05) is 5.73 Å². The Balaban J connectivity index is 2.99. The lowest BCUT2D eigenvalue weighted by molar-refractivity contribution is 1.11. The van der Waals surface area contributed by atoms with Crippen LogP contribution in [0.4, 0.5) is 5.69 Å². The Labute approximate surface area is 68.2 Å². The van der Waals surface area contributed by atoms with Gasteiger partial charge in [-0.25, -0.2) is 0 Å². The Morgan fingerprint density at radius 1 is 1.27 bits per heavy atom. The van der Waals surface area contributed by atoms with Crippen molar-refractivity contribution in [3.63, 3.8) is 0 Å². The molecule has 4 N–H and O–H groups in total. The number of nitrogens with two attached hydrogens (primary N) is 1. The molecule has 11 heavy (non-hydrogen) atoms. The number of benzene rings is 1. The highest BCUT2D eigenvalue weighted by Crippen LogP contribution is 2.15. The molecule has 0 aliphatic rings. The molecule has 0 fully saturated rings. The summed E-state index contributed by atoms with van der Waals surface area (Å²) in [4.78, 5) is 0. The lowest BCUT2D eigenvalue weighted by Gasteiger charge is -1.90. The van der Waals surface area contributed by atoms with Crippen LogP contribution in [0.2, 0.25) is 0 Å². The van der Waals surface area contributed by atoms with Crippen LogP contribution in [-0.4, -0.2) is 10.2 Å². The first-order chi connectivity index (χ1) is 5.27. The topological polar surface area (TPSA) is 57.6 Å². The number of nitrogen functional groups attached to an aromatic ring is 1. The maximum atomic E-state index is 5.58. The van der Waals surface area contributed by atoms with Gasteiger partial charge in [0.05, 0.1) is 5.52 Å². The molecule has 2 aromatic rings. The minimum atomic E-state index is 0.701. The van der Waals surface area contributed by atoms with E-state index in [2.05, 4.69) is 10.2 Å². The first-order valence-electron chi connectivity index (χ1n) is 3.23. The van der Waals surface area contributed by atoms with Crippen molar-refractivity contribution in [1.29, 1.82) is 0 Å². The molecule has 1 aromatic carbocycles. The van der Waals surface area contributed by atoms with Gasteiger partial charge in [0.2, 0.25) is 0 Å². The molecule has 0 atom stereocenters. The SMILES string of the molecule is Nc1ccc2[nH][nH]c(=S)c2c1. The molecule has 0 spiro atoms. The van der Waals surface area contributed by atoms with Gasteiger partial charge in [-0.3, -0.25) is 10.2 Å². The highest BCUT2D eigenvalue weighted by molar-refractivity contribution is 7.71. The van der Waals surface area contributed by atoms with Crippen molar-refractivity contribution in [3.05, 3.63) is 22.8 Å². The second-order valence-electron chi connectivity index (χ2n) is 2.38. The average molecular weight is 165 g/mol. The molecule has 0 aliphatic heterocycles. The zero-order valence-corrected chi connectivity index (χ0v) is 6.53. The fourth-order valence-electron chi connectivity index (χ4n) is 1.05. The third-order valence-corrected chi connectivity index (χ3v) is 1.92. The van der Waals surface area contributed by atoms with Crippen LogP contribution < -0.4 is 5.73 Å². The van der Waals surface area contributed by atoms with Gasteiger partial charge in [0.1, 0.15) is 4.64 Å². The van der Waals surface area contributed by atoms with Crippen molar-refractivity contribution in [1.82, 2.24) is 10.2 Å². The first-order valence-corrected chi connectivity index (χ1v) is 3.64. The molecule has 1 heterocycles. The molecule has 1 aromatic heterocycles. The van der Waals surface area contributed by atoms with Gasteiger partial charge < -0.3 is 5.73 Å². The van der Waals surface area contributed by atoms with E-state index >= 15 is 0 Å². The summed E-state index contributed by atoms with van der Waals surface area (Å²) in [6.07, 6.45) is 0. The lowest BCUT2D eigenvalue weighted by atomic mass is 10.2. The van der Waals surface area contributed by atoms with E-state index in [0.717, 1.165) is 16.6 Å². The molecule has 4 heteroatoms. The summed E-state index contributed by atoms with van der Waals surface area (Å²) >= 11 is 5.00. The minimum absolute atomic E-state index is 0.701. The first kappa shape index (κ1) is 6.42. The van der Waals surface area contributed by atoms with E-state index in [1.54, 1.807) is 0 Å². The summed E-state index contributed by atoms with van der Waals surface area (Å²) in [5, 5.41) is 6.74. The largest absolute Gasteiger partial charge is 0.399 e. The van der Waals surface area contributed by atoms with Crippen molar-refractivity contribution < 1.29 is 0 Å². The van der Waals surface area contributed by atoms with Crippen LogP contribution in [0.1, 0.15) is 0 Å². The van der Waals surface area contributed by atoms with E-state index in [0.29, 0.717) is 4.64 Å². The molecule has 0 unspecified atom stereocenters. The number of aromatic nitrogens is 2. The molecule has 0 saturated heterocycles. The van der Waals surface area contributed by atoms with Crippen LogP contribution in [0.15, 0.2) is 18.2 Å². The van der Waals surface area contributed by atoms with Crippen LogP contribution in [0.3, 0.4) is 0 Å². The summed E-state index contributed by atoms with van der Waals surface area (Å²) in [7, 11) is 0. The third-order valence-electron chi connectivity index (χ3n) is 1.60. The van der Waals surface area contributed by atoms with E-state index in [-0.39, 0.29) is 0 Å². The molecule has 0 saturated carbocycles. The summed E-state index contributed by atoms with van der Waals surface area (Å²) in [6, 6.07) is 5.59. The van der Waals surface area contributed by atoms with E-state index in [1.807, 2.05) is 18.2 Å². The maximum absolute atomic E-state index is 5.58. The number of H-pyrrole nitrogens is 2. The van der Waals surface area contributed by atoms with Gasteiger partial charge in [0.25, 0.3) is 0 Å². The predicted octanol–water partition coefficient (Wildman–Crippen LogP) is 1.81. The summed E-state index contributed by atoms with van der Waals surface area (Å²) < 4.78 is 0.701. The van der Waals surface area contributed by atoms with Crippen LogP contribution in [-0.2, 0) is 0 Å². The van der Waals surface area contributed by atoms with Gasteiger partial charge in [-0.2, -0.15) is 0 Å². The molecule has 3 nitrogen and oxygen atoms in total. The highest BCUT2D eigenvalue weighted by atomic mass is 32.1. The number of aromatic amines is 2. The molecular formula is C7H7N3S. The fraction of sp³-hybridized carbons (Fsp3) is 0. The number of anilines is 1. The molecule has 2 rings (SSSR count).